The molecule has 0 aromatic carbocycles. The first-order valence-corrected chi connectivity index (χ1v) is 8.27. The highest BCUT2D eigenvalue weighted by Gasteiger charge is 2.22. The maximum absolute atomic E-state index is 9.36. The minimum Gasteiger partial charge on any atom is -0.394 e. The number of aliphatic hydroxyl groups is 1. The molecule has 0 spiro atoms. The first kappa shape index (κ1) is 17.9. The predicted molar refractivity (Wildman–Crippen MR) is 84.1 cm³/mol. The van der Waals surface area contributed by atoms with Crippen molar-refractivity contribution >= 4 is 0 Å². The molecule has 2 N–H and O–H groups in total. The number of nitrogens with zero attached hydrogens (tertiary/aromatic N) is 1. The Balaban J connectivity index is 2.15. The first-order chi connectivity index (χ1) is 9.63. The van der Waals surface area contributed by atoms with Crippen molar-refractivity contribution in [2.24, 2.45) is 0 Å². The summed E-state index contributed by atoms with van der Waals surface area (Å²) in [4.78, 5) is 2.54. The Labute approximate surface area is 124 Å². The van der Waals surface area contributed by atoms with Gasteiger partial charge in [0.15, 0.2) is 0 Å². The maximum Gasteiger partial charge on any atom is 0.0702 e. The molecule has 1 aliphatic rings. The quantitative estimate of drug-likeness (QED) is 0.603. The molecule has 0 aromatic heterocycles. The highest BCUT2D eigenvalue weighted by Crippen LogP contribution is 2.16. The molecule has 1 saturated heterocycles. The highest BCUT2D eigenvalue weighted by atomic mass is 16.5. The van der Waals surface area contributed by atoms with Gasteiger partial charge in [0.05, 0.1) is 12.7 Å². The second kappa shape index (κ2) is 9.72. The number of rotatable bonds is 10. The summed E-state index contributed by atoms with van der Waals surface area (Å²) in [6.07, 6.45) is 7.44. The van der Waals surface area contributed by atoms with Crippen molar-refractivity contribution in [2.75, 3.05) is 39.9 Å². The van der Waals surface area contributed by atoms with Crippen molar-refractivity contribution < 1.29 is 9.84 Å². The van der Waals surface area contributed by atoms with Gasteiger partial charge in [-0.25, -0.2) is 0 Å². The van der Waals surface area contributed by atoms with Gasteiger partial charge in [-0.1, -0.05) is 13.3 Å². The third-order valence-corrected chi connectivity index (χ3v) is 4.43. The number of likely N-dealkylation sites (tertiary alicyclic amines) is 1. The van der Waals surface area contributed by atoms with Crippen molar-refractivity contribution in [1.82, 2.24) is 10.2 Å². The van der Waals surface area contributed by atoms with Crippen LogP contribution in [0.1, 0.15) is 52.4 Å². The highest BCUT2D eigenvalue weighted by molar-refractivity contribution is 4.80. The lowest BCUT2D eigenvalue weighted by Gasteiger charge is -2.33. The molecular weight excluding hydrogens is 252 g/mol. The minimum atomic E-state index is -0.116. The second-order valence-electron chi connectivity index (χ2n) is 6.36. The van der Waals surface area contributed by atoms with Crippen LogP contribution >= 0.6 is 0 Å². The van der Waals surface area contributed by atoms with E-state index < -0.39 is 0 Å². The van der Waals surface area contributed by atoms with Gasteiger partial charge >= 0.3 is 0 Å². The number of unbranched alkanes of at least 4 members (excludes halogenated alkanes) is 1. The van der Waals surface area contributed by atoms with Gasteiger partial charge in [-0.2, -0.15) is 0 Å². The van der Waals surface area contributed by atoms with E-state index in [9.17, 15) is 5.11 Å². The molecule has 0 saturated carbocycles. The number of piperidine rings is 1. The van der Waals surface area contributed by atoms with Crippen LogP contribution in [0.15, 0.2) is 0 Å². The van der Waals surface area contributed by atoms with Gasteiger partial charge in [0, 0.05) is 18.7 Å². The lowest BCUT2D eigenvalue weighted by molar-refractivity contribution is -0.000516. The van der Waals surface area contributed by atoms with Crippen LogP contribution in [0.3, 0.4) is 0 Å². The fourth-order valence-corrected chi connectivity index (χ4v) is 2.77. The van der Waals surface area contributed by atoms with Gasteiger partial charge in [-0.15, -0.1) is 0 Å². The van der Waals surface area contributed by atoms with E-state index in [-0.39, 0.29) is 12.1 Å². The van der Waals surface area contributed by atoms with Crippen LogP contribution in [0.25, 0.3) is 0 Å². The zero-order valence-electron chi connectivity index (χ0n) is 13.7. The standard InChI is InChI=1S/C16H34N2O2/c1-4-12-20-15-8-7-11-18(13-15)10-6-5-9-16(2,14-19)17-3/h15,17,19H,4-14H2,1-3H3. The molecule has 1 heterocycles. The summed E-state index contributed by atoms with van der Waals surface area (Å²) in [7, 11) is 1.93. The zero-order chi connectivity index (χ0) is 14.8. The number of hydrogen-bond donors (Lipinski definition) is 2. The summed E-state index contributed by atoms with van der Waals surface area (Å²) in [5.41, 5.74) is -0.116. The van der Waals surface area contributed by atoms with E-state index in [1.807, 2.05) is 7.05 Å². The molecule has 4 heteroatoms. The number of likely N-dealkylation sites (N-methyl/N-ethyl adjacent to an activating group) is 1. The van der Waals surface area contributed by atoms with Crippen molar-refractivity contribution in [2.45, 2.75) is 64.0 Å². The summed E-state index contributed by atoms with van der Waals surface area (Å²) >= 11 is 0. The molecule has 4 nitrogen and oxygen atoms in total. The van der Waals surface area contributed by atoms with Crippen molar-refractivity contribution in [3.63, 3.8) is 0 Å². The van der Waals surface area contributed by atoms with E-state index in [1.165, 1.54) is 25.8 Å². The minimum absolute atomic E-state index is 0.116. The molecule has 0 amide bonds. The molecule has 0 radical (unpaired) electrons. The Bertz CT molecular complexity index is 245. The molecule has 0 aliphatic carbocycles. The van der Waals surface area contributed by atoms with Crippen LogP contribution in [-0.2, 0) is 4.74 Å². The summed E-state index contributed by atoms with van der Waals surface area (Å²) in [6, 6.07) is 0. The summed E-state index contributed by atoms with van der Waals surface area (Å²) in [5.74, 6) is 0. The van der Waals surface area contributed by atoms with E-state index >= 15 is 0 Å². The van der Waals surface area contributed by atoms with Gasteiger partial charge in [0.25, 0.3) is 0 Å². The summed E-state index contributed by atoms with van der Waals surface area (Å²) in [5, 5.41) is 12.6. The number of nitrogens with one attached hydrogen (secondary N) is 1. The average Bonchev–Trinajstić information content (AvgIpc) is 2.49. The number of aliphatic hydroxyl groups excluding tert-OH is 1. The van der Waals surface area contributed by atoms with Crippen molar-refractivity contribution in [3.05, 3.63) is 0 Å². The maximum atomic E-state index is 9.36. The van der Waals surface area contributed by atoms with Gasteiger partial charge in [-0.05, 0) is 59.2 Å². The fraction of sp³-hybridized carbons (Fsp3) is 1.00. The molecule has 1 aliphatic heterocycles. The van der Waals surface area contributed by atoms with Crippen LogP contribution in [0, 0.1) is 0 Å². The van der Waals surface area contributed by atoms with Crippen LogP contribution in [0.5, 0.6) is 0 Å². The topological polar surface area (TPSA) is 44.7 Å². The molecule has 0 bridgehead atoms. The SMILES string of the molecule is CCCOC1CCCN(CCCCC(C)(CO)NC)C1. The van der Waals surface area contributed by atoms with E-state index in [0.717, 1.165) is 39.0 Å². The fourth-order valence-electron chi connectivity index (χ4n) is 2.77. The third kappa shape index (κ3) is 6.53. The normalized spacial score (nSPS) is 23.7. The second-order valence-corrected chi connectivity index (χ2v) is 6.36. The molecular formula is C16H34N2O2. The number of hydrogen-bond acceptors (Lipinski definition) is 4. The Morgan fingerprint density at radius 2 is 2.20 bits per heavy atom. The molecule has 1 fully saturated rings. The van der Waals surface area contributed by atoms with Crippen LogP contribution in [0.2, 0.25) is 0 Å². The Kier molecular flexibility index (Phi) is 8.69. The van der Waals surface area contributed by atoms with Crippen molar-refractivity contribution in [1.29, 1.82) is 0 Å². The lowest BCUT2D eigenvalue weighted by Crippen LogP contribution is -2.43. The summed E-state index contributed by atoms with van der Waals surface area (Å²) in [6.45, 7) is 8.84. The van der Waals surface area contributed by atoms with Gasteiger partial charge < -0.3 is 20.1 Å². The molecule has 1 rings (SSSR count). The van der Waals surface area contributed by atoms with E-state index in [2.05, 4.69) is 24.1 Å². The molecule has 2 atom stereocenters. The molecule has 120 valence electrons. The first-order valence-electron chi connectivity index (χ1n) is 8.27. The molecule has 20 heavy (non-hydrogen) atoms. The van der Waals surface area contributed by atoms with Crippen LogP contribution in [0.4, 0.5) is 0 Å². The van der Waals surface area contributed by atoms with Gasteiger partial charge in [0.1, 0.15) is 0 Å². The van der Waals surface area contributed by atoms with Crippen molar-refractivity contribution in [3.8, 4) is 0 Å². The summed E-state index contributed by atoms with van der Waals surface area (Å²) < 4.78 is 5.87. The largest absolute Gasteiger partial charge is 0.394 e. The van der Waals surface area contributed by atoms with E-state index in [0.29, 0.717) is 6.10 Å². The van der Waals surface area contributed by atoms with Gasteiger partial charge in [-0.3, -0.25) is 0 Å². The van der Waals surface area contributed by atoms with E-state index in [1.54, 1.807) is 0 Å². The van der Waals surface area contributed by atoms with Gasteiger partial charge in [0.2, 0.25) is 0 Å². The average molecular weight is 286 g/mol. The van der Waals surface area contributed by atoms with Crippen LogP contribution in [-0.4, -0.2) is 61.5 Å². The predicted octanol–water partition coefficient (Wildman–Crippen LogP) is 2.02. The Morgan fingerprint density at radius 1 is 1.40 bits per heavy atom. The Hall–Kier alpha value is -0.160. The zero-order valence-corrected chi connectivity index (χ0v) is 13.7. The monoisotopic (exact) mass is 286 g/mol. The number of ether oxygens (including phenoxy) is 1. The van der Waals surface area contributed by atoms with Crippen LogP contribution < -0.4 is 5.32 Å². The molecule has 2 unspecified atom stereocenters. The smallest absolute Gasteiger partial charge is 0.0702 e. The Morgan fingerprint density at radius 3 is 2.85 bits per heavy atom. The third-order valence-electron chi connectivity index (χ3n) is 4.43. The molecule has 0 aromatic rings. The van der Waals surface area contributed by atoms with E-state index in [4.69, 9.17) is 4.74 Å². The lowest BCUT2D eigenvalue weighted by atomic mass is 9.96.